The third-order valence-electron chi connectivity index (χ3n) is 4.50. The number of rotatable bonds is 8. The van der Waals surface area contributed by atoms with Gasteiger partial charge in [0.1, 0.15) is 6.33 Å². The van der Waals surface area contributed by atoms with Crippen LogP contribution in [0.4, 0.5) is 0 Å². The van der Waals surface area contributed by atoms with Crippen LogP contribution in [0.1, 0.15) is 52.9 Å². The summed E-state index contributed by atoms with van der Waals surface area (Å²) in [5, 5.41) is 10.3. The van der Waals surface area contributed by atoms with E-state index in [-0.39, 0.29) is 11.9 Å². The molecule has 0 radical (unpaired) electrons. The Bertz CT molecular complexity index is 876. The van der Waals surface area contributed by atoms with Crippen LogP contribution < -0.4 is 11.1 Å². The molecule has 3 rings (SSSR count). The van der Waals surface area contributed by atoms with Gasteiger partial charge in [-0.15, -0.1) is 0 Å². The molecule has 1 amide bonds. The molecule has 3 aromatic rings. The Labute approximate surface area is 169 Å². The Hall–Kier alpha value is -2.64. The number of nitrogens with two attached hydrogens (primary N) is 1. The smallest absolute Gasteiger partial charge is 0.251 e. The number of carbonyl (C=O) groups is 1. The Kier molecular flexibility index (Phi) is 6.84. The van der Waals surface area contributed by atoms with Gasteiger partial charge in [-0.25, -0.2) is 4.98 Å². The van der Waals surface area contributed by atoms with Crippen molar-refractivity contribution in [3.63, 3.8) is 0 Å². The van der Waals surface area contributed by atoms with Crippen molar-refractivity contribution in [2.24, 2.45) is 5.73 Å². The molecule has 0 fully saturated rings. The number of hydrogen-bond acceptors (Lipinski definition) is 5. The number of aromatic amines is 1. The predicted molar refractivity (Wildman–Crippen MR) is 112 cm³/mol. The van der Waals surface area contributed by atoms with Crippen LogP contribution in [0.3, 0.4) is 0 Å². The predicted octanol–water partition coefficient (Wildman–Crippen LogP) is 3.65. The van der Waals surface area contributed by atoms with E-state index in [1.165, 1.54) is 11.9 Å². The second-order valence-electron chi connectivity index (χ2n) is 6.91. The third kappa shape index (κ3) is 5.43. The number of benzene rings is 2. The summed E-state index contributed by atoms with van der Waals surface area (Å²) in [4.78, 5) is 16.5. The first kappa shape index (κ1) is 20.1. The van der Waals surface area contributed by atoms with Gasteiger partial charge < -0.3 is 11.1 Å². The molecule has 28 heavy (non-hydrogen) atoms. The molecule has 1 unspecified atom stereocenters. The summed E-state index contributed by atoms with van der Waals surface area (Å²) in [5.74, 6) is 1.12. The summed E-state index contributed by atoms with van der Waals surface area (Å²) in [7, 11) is 0. The Morgan fingerprint density at radius 3 is 2.39 bits per heavy atom. The van der Waals surface area contributed by atoms with E-state index in [1.54, 1.807) is 11.8 Å². The van der Waals surface area contributed by atoms with E-state index < -0.39 is 0 Å². The Morgan fingerprint density at radius 2 is 1.79 bits per heavy atom. The fourth-order valence-electron chi connectivity index (χ4n) is 2.72. The average molecular weight is 396 g/mol. The van der Waals surface area contributed by atoms with E-state index in [9.17, 15) is 4.79 Å². The maximum atomic E-state index is 12.4. The van der Waals surface area contributed by atoms with E-state index in [4.69, 9.17) is 5.73 Å². The lowest BCUT2D eigenvalue weighted by Gasteiger charge is -2.15. The third-order valence-corrected chi connectivity index (χ3v) is 5.45. The van der Waals surface area contributed by atoms with Gasteiger partial charge in [0.05, 0.1) is 0 Å². The molecule has 6 nitrogen and oxygen atoms in total. The molecule has 0 saturated heterocycles. The summed E-state index contributed by atoms with van der Waals surface area (Å²) in [6, 6.07) is 15.6. The lowest BCUT2D eigenvalue weighted by atomic mass is 9.99. The first-order valence-electron chi connectivity index (χ1n) is 9.23. The molecule has 0 aliphatic carbocycles. The van der Waals surface area contributed by atoms with Crippen LogP contribution in [0.15, 0.2) is 60.0 Å². The molecular weight excluding hydrogens is 370 g/mol. The Balaban J connectivity index is 1.49. The lowest BCUT2D eigenvalue weighted by molar-refractivity contribution is 0.0951. The molecular formula is C21H25N5OS. The summed E-state index contributed by atoms with van der Waals surface area (Å²) in [6.07, 6.45) is 1.49. The molecule has 2 aromatic carbocycles. The van der Waals surface area contributed by atoms with Crippen LogP contribution >= 0.6 is 11.8 Å². The summed E-state index contributed by atoms with van der Waals surface area (Å²) in [6.45, 7) is 4.71. The van der Waals surface area contributed by atoms with Gasteiger partial charge in [0.15, 0.2) is 5.16 Å². The van der Waals surface area contributed by atoms with Gasteiger partial charge in [0.25, 0.3) is 5.91 Å². The van der Waals surface area contributed by atoms with Crippen LogP contribution in [0.5, 0.6) is 0 Å². The SMILES string of the molecule is CC(C)c1ccc(C(N)CNC(=O)c2ccc(CSc3ncn[nH]3)cc2)cc1. The van der Waals surface area contributed by atoms with E-state index in [0.29, 0.717) is 18.0 Å². The fraction of sp³-hybridized carbons (Fsp3) is 0.286. The first-order chi connectivity index (χ1) is 13.5. The molecule has 4 N–H and O–H groups in total. The van der Waals surface area contributed by atoms with Crippen molar-refractivity contribution < 1.29 is 4.79 Å². The monoisotopic (exact) mass is 395 g/mol. The van der Waals surface area contributed by atoms with Gasteiger partial charge in [-0.3, -0.25) is 9.89 Å². The molecule has 146 valence electrons. The largest absolute Gasteiger partial charge is 0.350 e. The molecule has 0 aliphatic heterocycles. The zero-order valence-corrected chi connectivity index (χ0v) is 16.9. The van der Waals surface area contributed by atoms with Crippen LogP contribution in [0.2, 0.25) is 0 Å². The molecule has 0 bridgehead atoms. The van der Waals surface area contributed by atoms with E-state index in [0.717, 1.165) is 22.0 Å². The van der Waals surface area contributed by atoms with Gasteiger partial charge in [-0.05, 0) is 34.7 Å². The molecule has 1 atom stereocenters. The number of H-pyrrole nitrogens is 1. The standard InChI is InChI=1S/C21H25N5OS/c1-14(2)16-7-9-17(10-8-16)19(22)11-23-20(27)18-5-3-15(4-6-18)12-28-21-24-13-25-26-21/h3-10,13-14,19H,11-12,22H2,1-2H3,(H,23,27)(H,24,25,26). The minimum atomic E-state index is -0.234. The highest BCUT2D eigenvalue weighted by molar-refractivity contribution is 7.98. The van der Waals surface area contributed by atoms with Crippen LogP contribution in [-0.2, 0) is 5.75 Å². The van der Waals surface area contributed by atoms with Crippen molar-refractivity contribution in [3.8, 4) is 0 Å². The number of carbonyl (C=O) groups excluding carboxylic acids is 1. The Morgan fingerprint density at radius 1 is 1.11 bits per heavy atom. The summed E-state index contributed by atoms with van der Waals surface area (Å²) < 4.78 is 0. The molecule has 0 spiro atoms. The maximum Gasteiger partial charge on any atom is 0.251 e. The topological polar surface area (TPSA) is 96.7 Å². The highest BCUT2D eigenvalue weighted by Gasteiger charge is 2.11. The van der Waals surface area contributed by atoms with Crippen molar-refractivity contribution in [2.75, 3.05) is 6.54 Å². The number of aromatic nitrogens is 3. The number of amides is 1. The van der Waals surface area contributed by atoms with Gasteiger partial charge in [-0.2, -0.15) is 5.10 Å². The summed E-state index contributed by atoms with van der Waals surface area (Å²) in [5.41, 5.74) is 10.3. The number of nitrogens with zero attached hydrogens (tertiary/aromatic N) is 2. The van der Waals surface area contributed by atoms with Crippen LogP contribution in [-0.4, -0.2) is 27.6 Å². The van der Waals surface area contributed by atoms with Crippen molar-refractivity contribution in [1.82, 2.24) is 20.5 Å². The average Bonchev–Trinajstić information content (AvgIpc) is 3.24. The van der Waals surface area contributed by atoms with Crippen molar-refractivity contribution in [3.05, 3.63) is 77.1 Å². The van der Waals surface area contributed by atoms with E-state index >= 15 is 0 Å². The molecule has 1 aromatic heterocycles. The second kappa shape index (κ2) is 9.52. The minimum Gasteiger partial charge on any atom is -0.350 e. The number of thioether (sulfide) groups is 1. The van der Waals surface area contributed by atoms with Crippen LogP contribution in [0.25, 0.3) is 0 Å². The first-order valence-corrected chi connectivity index (χ1v) is 10.2. The fourth-order valence-corrected chi connectivity index (χ4v) is 3.45. The van der Waals surface area contributed by atoms with Crippen molar-refractivity contribution in [1.29, 1.82) is 0 Å². The highest BCUT2D eigenvalue weighted by atomic mass is 32.2. The van der Waals surface area contributed by atoms with Crippen molar-refractivity contribution >= 4 is 17.7 Å². The maximum absolute atomic E-state index is 12.4. The van der Waals surface area contributed by atoms with Gasteiger partial charge in [0, 0.05) is 23.9 Å². The lowest BCUT2D eigenvalue weighted by Crippen LogP contribution is -2.31. The van der Waals surface area contributed by atoms with Crippen molar-refractivity contribution in [2.45, 2.75) is 36.7 Å². The second-order valence-corrected chi connectivity index (χ2v) is 7.88. The zero-order valence-electron chi connectivity index (χ0n) is 16.1. The summed E-state index contributed by atoms with van der Waals surface area (Å²) >= 11 is 1.56. The molecule has 0 saturated carbocycles. The molecule has 7 heteroatoms. The molecule has 0 aliphatic rings. The quantitative estimate of drug-likeness (QED) is 0.506. The minimum absolute atomic E-state index is 0.122. The van der Waals surface area contributed by atoms with Gasteiger partial charge in [0.2, 0.25) is 0 Å². The van der Waals surface area contributed by atoms with Crippen LogP contribution in [0, 0.1) is 0 Å². The highest BCUT2D eigenvalue weighted by Crippen LogP contribution is 2.19. The number of nitrogens with one attached hydrogen (secondary N) is 2. The molecule has 1 heterocycles. The number of hydrogen-bond donors (Lipinski definition) is 3. The van der Waals surface area contributed by atoms with Gasteiger partial charge in [-0.1, -0.05) is 62.0 Å². The zero-order chi connectivity index (χ0) is 19.9. The van der Waals surface area contributed by atoms with E-state index in [2.05, 4.69) is 46.5 Å². The van der Waals surface area contributed by atoms with Gasteiger partial charge >= 0.3 is 0 Å². The van der Waals surface area contributed by atoms with E-state index in [1.807, 2.05) is 36.4 Å². The normalized spacial score (nSPS) is 12.1.